The second-order valence-corrected chi connectivity index (χ2v) is 8.75. The lowest BCUT2D eigenvalue weighted by Gasteiger charge is -2.35. The maximum Gasteiger partial charge on any atom is 0.264 e. The molecule has 8 heteroatoms. The number of piperazine rings is 1. The Labute approximate surface area is 169 Å². The third-order valence-corrected chi connectivity index (χ3v) is 6.93. The number of thiophene rings is 1. The fourth-order valence-electron chi connectivity index (χ4n) is 4.19. The van der Waals surface area contributed by atoms with Gasteiger partial charge in [-0.2, -0.15) is 0 Å². The topological polar surface area (TPSA) is 69.6 Å². The van der Waals surface area contributed by atoms with E-state index in [-0.39, 0.29) is 11.8 Å². The molecule has 2 saturated heterocycles. The molecule has 0 spiro atoms. The van der Waals surface area contributed by atoms with E-state index in [0.29, 0.717) is 19.6 Å². The smallest absolute Gasteiger partial charge is 0.264 e. The minimum absolute atomic E-state index is 0.0723. The van der Waals surface area contributed by atoms with E-state index in [1.807, 2.05) is 30.6 Å². The van der Waals surface area contributed by atoms with Gasteiger partial charge in [-0.05, 0) is 39.2 Å². The van der Waals surface area contributed by atoms with Crippen LogP contribution in [0.4, 0.5) is 0 Å². The Kier molecular flexibility index (Phi) is 5.33. The molecule has 4 heterocycles. The van der Waals surface area contributed by atoms with E-state index in [2.05, 4.69) is 14.9 Å². The van der Waals surface area contributed by atoms with Crippen LogP contribution in [0.25, 0.3) is 10.2 Å². The SMILES string of the molecule is Cc1nc(C)c2c(C)c(C(=O)N3CCN(CC(=O)N4CCCC4)CC3)sc2n1. The van der Waals surface area contributed by atoms with Crippen LogP contribution in [0.3, 0.4) is 0 Å². The second kappa shape index (κ2) is 7.75. The Hall–Kier alpha value is -2.06. The Morgan fingerprint density at radius 3 is 2.29 bits per heavy atom. The van der Waals surface area contributed by atoms with Gasteiger partial charge in [0.15, 0.2) is 0 Å². The van der Waals surface area contributed by atoms with Crippen LogP contribution < -0.4 is 0 Å². The summed E-state index contributed by atoms with van der Waals surface area (Å²) in [5, 5.41) is 1.01. The number of rotatable bonds is 3. The van der Waals surface area contributed by atoms with Crippen LogP contribution in [0.1, 0.15) is 39.6 Å². The van der Waals surface area contributed by atoms with Gasteiger partial charge in [0.2, 0.25) is 5.91 Å². The quantitative estimate of drug-likeness (QED) is 0.787. The predicted molar refractivity (Wildman–Crippen MR) is 110 cm³/mol. The standard InChI is InChI=1S/C20H27N5O2S/c1-13-17-14(2)21-15(3)22-19(17)28-18(13)20(27)25-10-8-23(9-11-25)12-16(26)24-6-4-5-7-24/h4-12H2,1-3H3. The van der Waals surface area contributed by atoms with E-state index in [4.69, 9.17) is 0 Å². The molecule has 7 nitrogen and oxygen atoms in total. The van der Waals surface area contributed by atoms with Gasteiger partial charge < -0.3 is 9.80 Å². The van der Waals surface area contributed by atoms with Crippen LogP contribution in [-0.4, -0.2) is 82.3 Å². The van der Waals surface area contributed by atoms with E-state index >= 15 is 0 Å². The van der Waals surface area contributed by atoms with Gasteiger partial charge in [-0.25, -0.2) is 9.97 Å². The summed E-state index contributed by atoms with van der Waals surface area (Å²) < 4.78 is 0. The van der Waals surface area contributed by atoms with E-state index < -0.39 is 0 Å². The number of fused-ring (bicyclic) bond motifs is 1. The fraction of sp³-hybridized carbons (Fsp3) is 0.600. The predicted octanol–water partition coefficient (Wildman–Crippen LogP) is 2.00. The Morgan fingerprint density at radius 2 is 1.61 bits per heavy atom. The number of carbonyl (C=O) groups excluding carboxylic acids is 2. The zero-order valence-electron chi connectivity index (χ0n) is 16.8. The molecule has 0 bridgehead atoms. The Bertz CT molecular complexity index is 911. The third kappa shape index (κ3) is 3.63. The maximum atomic E-state index is 13.1. The van der Waals surface area contributed by atoms with Gasteiger partial charge in [0, 0.05) is 50.3 Å². The summed E-state index contributed by atoms with van der Waals surface area (Å²) in [6, 6.07) is 0. The molecule has 2 fully saturated rings. The van der Waals surface area contributed by atoms with Gasteiger partial charge >= 0.3 is 0 Å². The number of aryl methyl sites for hydroxylation is 3. The first kappa shape index (κ1) is 19.3. The van der Waals surface area contributed by atoms with Crippen molar-refractivity contribution in [2.45, 2.75) is 33.6 Å². The van der Waals surface area contributed by atoms with Crippen molar-refractivity contribution >= 4 is 33.4 Å². The van der Waals surface area contributed by atoms with Crippen molar-refractivity contribution in [3.63, 3.8) is 0 Å². The van der Waals surface area contributed by atoms with Crippen molar-refractivity contribution in [1.82, 2.24) is 24.7 Å². The van der Waals surface area contributed by atoms with Crippen LogP contribution in [0.15, 0.2) is 0 Å². The van der Waals surface area contributed by atoms with Gasteiger partial charge in [0.05, 0.1) is 11.4 Å². The summed E-state index contributed by atoms with van der Waals surface area (Å²) in [4.78, 5) is 42.1. The molecule has 2 aromatic heterocycles. The molecule has 2 amide bonds. The van der Waals surface area contributed by atoms with Crippen molar-refractivity contribution in [3.8, 4) is 0 Å². The highest BCUT2D eigenvalue weighted by atomic mass is 32.1. The summed E-state index contributed by atoms with van der Waals surface area (Å²) in [6.07, 6.45) is 2.23. The summed E-state index contributed by atoms with van der Waals surface area (Å²) in [7, 11) is 0. The third-order valence-electron chi connectivity index (χ3n) is 5.75. The molecule has 0 aliphatic carbocycles. The monoisotopic (exact) mass is 401 g/mol. The molecule has 0 atom stereocenters. The van der Waals surface area contributed by atoms with Gasteiger partial charge in [0.1, 0.15) is 10.7 Å². The maximum absolute atomic E-state index is 13.1. The van der Waals surface area contributed by atoms with Gasteiger partial charge in [0.25, 0.3) is 5.91 Å². The van der Waals surface area contributed by atoms with Gasteiger partial charge in [-0.15, -0.1) is 11.3 Å². The first-order valence-corrected chi connectivity index (χ1v) is 10.8. The summed E-state index contributed by atoms with van der Waals surface area (Å²) in [5.41, 5.74) is 1.91. The van der Waals surface area contributed by atoms with Crippen molar-refractivity contribution in [3.05, 3.63) is 22.0 Å². The number of carbonyl (C=O) groups is 2. The molecular formula is C20H27N5O2S. The molecule has 28 heavy (non-hydrogen) atoms. The minimum Gasteiger partial charge on any atom is -0.342 e. The van der Waals surface area contributed by atoms with E-state index in [1.54, 1.807) is 0 Å². The average molecular weight is 402 g/mol. The van der Waals surface area contributed by atoms with E-state index in [0.717, 1.165) is 71.2 Å². The van der Waals surface area contributed by atoms with Crippen LogP contribution in [0, 0.1) is 20.8 Å². The average Bonchev–Trinajstić information content (AvgIpc) is 3.30. The normalized spacial score (nSPS) is 18.2. The summed E-state index contributed by atoms with van der Waals surface area (Å²) in [5.74, 6) is 1.03. The molecule has 150 valence electrons. The number of nitrogens with zero attached hydrogens (tertiary/aromatic N) is 5. The lowest BCUT2D eigenvalue weighted by molar-refractivity contribution is -0.131. The van der Waals surface area contributed by atoms with Gasteiger partial charge in [-0.3, -0.25) is 14.5 Å². The minimum atomic E-state index is 0.0723. The summed E-state index contributed by atoms with van der Waals surface area (Å²) >= 11 is 1.47. The molecule has 0 radical (unpaired) electrons. The molecule has 4 rings (SSSR count). The number of likely N-dealkylation sites (tertiary alicyclic amines) is 1. The summed E-state index contributed by atoms with van der Waals surface area (Å²) in [6.45, 7) is 10.9. The molecular weight excluding hydrogens is 374 g/mol. The number of amides is 2. The first-order chi connectivity index (χ1) is 13.4. The van der Waals surface area contributed by atoms with Crippen LogP contribution >= 0.6 is 11.3 Å². The van der Waals surface area contributed by atoms with E-state index in [1.165, 1.54) is 11.3 Å². The zero-order chi connectivity index (χ0) is 19.8. The highest BCUT2D eigenvalue weighted by Crippen LogP contribution is 2.32. The molecule has 2 aliphatic rings. The zero-order valence-corrected chi connectivity index (χ0v) is 17.6. The molecule has 2 aromatic rings. The second-order valence-electron chi connectivity index (χ2n) is 7.75. The Morgan fingerprint density at radius 1 is 0.929 bits per heavy atom. The number of hydrogen-bond donors (Lipinski definition) is 0. The van der Waals surface area contributed by atoms with Gasteiger partial charge in [-0.1, -0.05) is 0 Å². The first-order valence-electron chi connectivity index (χ1n) is 9.98. The lowest BCUT2D eigenvalue weighted by atomic mass is 10.1. The molecule has 2 aliphatic heterocycles. The molecule has 0 unspecified atom stereocenters. The molecule has 0 saturated carbocycles. The number of hydrogen-bond acceptors (Lipinski definition) is 6. The fourth-order valence-corrected chi connectivity index (χ4v) is 5.43. The molecule has 0 aromatic carbocycles. The van der Waals surface area contributed by atoms with E-state index in [9.17, 15) is 9.59 Å². The van der Waals surface area contributed by atoms with Crippen molar-refractivity contribution < 1.29 is 9.59 Å². The van der Waals surface area contributed by atoms with Crippen LogP contribution in [-0.2, 0) is 4.79 Å². The largest absolute Gasteiger partial charge is 0.342 e. The van der Waals surface area contributed by atoms with Crippen LogP contribution in [0.5, 0.6) is 0 Å². The highest BCUT2D eigenvalue weighted by molar-refractivity contribution is 7.20. The van der Waals surface area contributed by atoms with Crippen molar-refractivity contribution in [2.24, 2.45) is 0 Å². The Balaban J connectivity index is 1.41. The van der Waals surface area contributed by atoms with Crippen LogP contribution in [0.2, 0.25) is 0 Å². The number of aromatic nitrogens is 2. The molecule has 0 N–H and O–H groups in total. The van der Waals surface area contributed by atoms with Crippen molar-refractivity contribution in [2.75, 3.05) is 45.8 Å². The lowest BCUT2D eigenvalue weighted by Crippen LogP contribution is -2.51. The van der Waals surface area contributed by atoms with Crippen molar-refractivity contribution in [1.29, 1.82) is 0 Å². The highest BCUT2D eigenvalue weighted by Gasteiger charge is 2.28.